The predicted octanol–water partition coefficient (Wildman–Crippen LogP) is 1.87. The van der Waals surface area contributed by atoms with Crippen LogP contribution in [0.25, 0.3) is 0 Å². The lowest BCUT2D eigenvalue weighted by Crippen LogP contribution is -2.19. The lowest BCUT2D eigenvalue weighted by molar-refractivity contribution is 0.129. The number of nitrogens with zero attached hydrogens (tertiary/aromatic N) is 1. The Morgan fingerprint density at radius 3 is 2.93 bits per heavy atom. The van der Waals surface area contributed by atoms with Crippen LogP contribution in [0, 0.1) is 0 Å². The van der Waals surface area contributed by atoms with Crippen molar-refractivity contribution in [3.05, 3.63) is 16.9 Å². The second-order valence-corrected chi connectivity index (χ2v) is 3.87. The maximum absolute atomic E-state index is 5.75. The molecule has 0 aromatic carbocycles. The molecule has 5 heteroatoms. The summed E-state index contributed by atoms with van der Waals surface area (Å²) in [6, 6.07) is 0. The predicted molar refractivity (Wildman–Crippen MR) is 61.3 cm³/mol. The molecule has 0 bridgehead atoms. The molecule has 1 rings (SSSR count). The summed E-state index contributed by atoms with van der Waals surface area (Å²) in [4.78, 5) is 3.95. The first-order chi connectivity index (χ1) is 6.65. The number of rotatable bonds is 4. The molecule has 14 heavy (non-hydrogen) atoms. The highest BCUT2D eigenvalue weighted by molar-refractivity contribution is 9.10. The van der Waals surface area contributed by atoms with Crippen molar-refractivity contribution in [1.29, 1.82) is 0 Å². The molecule has 0 aliphatic heterocycles. The van der Waals surface area contributed by atoms with Gasteiger partial charge < -0.3 is 15.8 Å². The summed E-state index contributed by atoms with van der Waals surface area (Å²) >= 11 is 3.37. The minimum Gasteiger partial charge on any atom is -0.396 e. The van der Waals surface area contributed by atoms with Crippen molar-refractivity contribution >= 4 is 27.3 Å². The monoisotopic (exact) mass is 259 g/mol. The molecule has 0 saturated carbocycles. The molecular weight excluding hydrogens is 246 g/mol. The van der Waals surface area contributed by atoms with E-state index in [1.807, 2.05) is 6.92 Å². The van der Waals surface area contributed by atoms with Crippen molar-refractivity contribution in [3.63, 3.8) is 0 Å². The Hall–Kier alpha value is -0.810. The molecule has 1 heterocycles. The number of anilines is 2. The summed E-state index contributed by atoms with van der Waals surface area (Å²) in [5.41, 5.74) is 7.25. The van der Waals surface area contributed by atoms with Crippen molar-refractivity contribution in [3.8, 4) is 0 Å². The lowest BCUT2D eigenvalue weighted by Gasteiger charge is -2.14. The average Bonchev–Trinajstić information content (AvgIpc) is 2.16. The summed E-state index contributed by atoms with van der Waals surface area (Å²) in [5.74, 6) is 0. The molecule has 0 radical (unpaired) electrons. The topological polar surface area (TPSA) is 60.2 Å². The molecule has 1 aromatic heterocycles. The van der Waals surface area contributed by atoms with Gasteiger partial charge in [0.2, 0.25) is 0 Å². The van der Waals surface area contributed by atoms with Crippen molar-refractivity contribution in [2.75, 3.05) is 24.7 Å². The van der Waals surface area contributed by atoms with Gasteiger partial charge in [0.25, 0.3) is 0 Å². The molecule has 1 aromatic rings. The molecule has 1 unspecified atom stereocenters. The molecule has 3 N–H and O–H groups in total. The van der Waals surface area contributed by atoms with Gasteiger partial charge in [0.1, 0.15) is 0 Å². The minimum absolute atomic E-state index is 0.148. The quantitative estimate of drug-likeness (QED) is 0.867. The number of nitrogen functional groups attached to an aromatic ring is 1. The van der Waals surface area contributed by atoms with E-state index < -0.39 is 0 Å². The van der Waals surface area contributed by atoms with Gasteiger partial charge in [0.05, 0.1) is 28.1 Å². The number of aromatic nitrogens is 1. The van der Waals surface area contributed by atoms with Gasteiger partial charge in [-0.3, -0.25) is 4.98 Å². The molecule has 0 aliphatic carbocycles. The van der Waals surface area contributed by atoms with E-state index in [0.29, 0.717) is 12.2 Å². The first-order valence-electron chi connectivity index (χ1n) is 4.30. The van der Waals surface area contributed by atoms with Crippen LogP contribution in [0.2, 0.25) is 0 Å². The van der Waals surface area contributed by atoms with Crippen LogP contribution in [0.1, 0.15) is 6.92 Å². The highest BCUT2D eigenvalue weighted by atomic mass is 79.9. The van der Waals surface area contributed by atoms with Crippen molar-refractivity contribution in [2.45, 2.75) is 13.0 Å². The molecule has 0 amide bonds. The number of methoxy groups -OCH3 is 1. The smallest absolute Gasteiger partial charge is 0.0750 e. The second kappa shape index (κ2) is 5.17. The van der Waals surface area contributed by atoms with Gasteiger partial charge in [-0.1, -0.05) is 0 Å². The normalized spacial score (nSPS) is 12.5. The first-order valence-corrected chi connectivity index (χ1v) is 5.10. The molecule has 1 atom stereocenters. The van der Waals surface area contributed by atoms with E-state index in [9.17, 15) is 0 Å². The number of pyridine rings is 1. The van der Waals surface area contributed by atoms with E-state index in [1.165, 1.54) is 0 Å². The van der Waals surface area contributed by atoms with E-state index in [-0.39, 0.29) is 6.10 Å². The Morgan fingerprint density at radius 2 is 2.36 bits per heavy atom. The molecule has 0 fully saturated rings. The van der Waals surface area contributed by atoms with Gasteiger partial charge in [-0.2, -0.15) is 0 Å². The molecule has 0 aliphatic rings. The summed E-state index contributed by atoms with van der Waals surface area (Å²) < 4.78 is 5.98. The van der Waals surface area contributed by atoms with Gasteiger partial charge in [0.15, 0.2) is 0 Å². The van der Waals surface area contributed by atoms with E-state index in [2.05, 4.69) is 26.2 Å². The van der Waals surface area contributed by atoms with Crippen LogP contribution in [0.3, 0.4) is 0 Å². The molecule has 0 saturated heterocycles. The summed E-state index contributed by atoms with van der Waals surface area (Å²) in [5, 5.41) is 3.20. The zero-order chi connectivity index (χ0) is 10.6. The van der Waals surface area contributed by atoms with Crippen LogP contribution in [0.15, 0.2) is 16.9 Å². The number of nitrogens with two attached hydrogens (primary N) is 1. The Bertz CT molecular complexity index is 286. The van der Waals surface area contributed by atoms with Gasteiger partial charge >= 0.3 is 0 Å². The van der Waals surface area contributed by atoms with Crippen LogP contribution in [0.5, 0.6) is 0 Å². The summed E-state index contributed by atoms with van der Waals surface area (Å²) in [6.07, 6.45) is 3.47. The minimum atomic E-state index is 0.148. The molecule has 4 nitrogen and oxygen atoms in total. The first kappa shape index (κ1) is 11.3. The van der Waals surface area contributed by atoms with E-state index in [0.717, 1.165) is 10.2 Å². The van der Waals surface area contributed by atoms with Gasteiger partial charge in [-0.05, 0) is 22.9 Å². The molecule has 0 spiro atoms. The Kier molecular flexibility index (Phi) is 4.16. The Morgan fingerprint density at radius 1 is 1.64 bits per heavy atom. The highest BCUT2D eigenvalue weighted by Gasteiger charge is 2.05. The van der Waals surface area contributed by atoms with Gasteiger partial charge in [-0.15, -0.1) is 0 Å². The molecular formula is C9H14BrN3O. The number of hydrogen-bond donors (Lipinski definition) is 2. The third-order valence-electron chi connectivity index (χ3n) is 1.90. The average molecular weight is 260 g/mol. The van der Waals surface area contributed by atoms with E-state index in [4.69, 9.17) is 10.5 Å². The maximum atomic E-state index is 5.75. The summed E-state index contributed by atoms with van der Waals surface area (Å²) in [7, 11) is 1.68. The third kappa shape index (κ3) is 2.85. The van der Waals surface area contributed by atoms with Crippen LogP contribution < -0.4 is 11.1 Å². The van der Waals surface area contributed by atoms with E-state index >= 15 is 0 Å². The number of hydrogen-bond acceptors (Lipinski definition) is 4. The second-order valence-electron chi connectivity index (χ2n) is 3.01. The van der Waals surface area contributed by atoms with Gasteiger partial charge in [0, 0.05) is 19.9 Å². The number of ether oxygens (including phenoxy) is 1. The SMILES string of the molecule is COC(C)CNc1c(N)cncc1Br. The van der Waals surface area contributed by atoms with Crippen LogP contribution in [0.4, 0.5) is 11.4 Å². The molecule has 78 valence electrons. The zero-order valence-electron chi connectivity index (χ0n) is 8.25. The fraction of sp³-hybridized carbons (Fsp3) is 0.444. The maximum Gasteiger partial charge on any atom is 0.0750 e. The summed E-state index contributed by atoms with van der Waals surface area (Å²) in [6.45, 7) is 2.70. The number of halogens is 1. The Labute approximate surface area is 92.0 Å². The van der Waals surface area contributed by atoms with Crippen molar-refractivity contribution in [1.82, 2.24) is 4.98 Å². The van der Waals surface area contributed by atoms with E-state index in [1.54, 1.807) is 19.5 Å². The standard InChI is InChI=1S/C9H14BrN3O/c1-6(14-2)3-13-9-7(10)4-12-5-8(9)11/h4-6H,3,11H2,1-2H3,(H,12,13). The van der Waals surface area contributed by atoms with Gasteiger partial charge in [-0.25, -0.2) is 0 Å². The van der Waals surface area contributed by atoms with Crippen LogP contribution >= 0.6 is 15.9 Å². The van der Waals surface area contributed by atoms with Crippen LogP contribution in [-0.4, -0.2) is 24.7 Å². The third-order valence-corrected chi connectivity index (χ3v) is 2.50. The zero-order valence-corrected chi connectivity index (χ0v) is 9.84. The largest absolute Gasteiger partial charge is 0.396 e. The number of nitrogens with one attached hydrogen (secondary N) is 1. The van der Waals surface area contributed by atoms with Crippen molar-refractivity contribution < 1.29 is 4.74 Å². The fourth-order valence-electron chi connectivity index (χ4n) is 0.966. The fourth-order valence-corrected chi connectivity index (χ4v) is 1.45. The lowest BCUT2D eigenvalue weighted by atomic mass is 10.3. The van der Waals surface area contributed by atoms with Crippen molar-refractivity contribution in [2.24, 2.45) is 0 Å². The highest BCUT2D eigenvalue weighted by Crippen LogP contribution is 2.26. The van der Waals surface area contributed by atoms with Crippen LogP contribution in [-0.2, 0) is 4.74 Å². The Balaban J connectivity index is 2.66.